The Hall–Kier alpha value is -5.00. The van der Waals surface area contributed by atoms with Gasteiger partial charge in [0.2, 0.25) is 0 Å². The molecule has 8 rings (SSSR count). The monoisotopic (exact) mass is 638 g/mol. The van der Waals surface area contributed by atoms with Gasteiger partial charge in [0.05, 0.1) is 22.1 Å². The number of nitrogens with zero attached hydrogens (tertiary/aromatic N) is 4. The Morgan fingerprint density at radius 2 is 0.870 bits per heavy atom. The van der Waals surface area contributed by atoms with E-state index in [9.17, 15) is 35.9 Å². The molecule has 0 unspecified atom stereocenters. The third kappa shape index (κ3) is 4.92. The van der Waals surface area contributed by atoms with Crippen molar-refractivity contribution in [3.05, 3.63) is 93.5 Å². The Balaban J connectivity index is 0.000000257. The fraction of sp³-hybridized carbons (Fsp3) is 0.235. The van der Waals surface area contributed by atoms with Crippen LogP contribution < -0.4 is 11.1 Å². The Labute approximate surface area is 257 Å². The first-order valence-corrected chi connectivity index (χ1v) is 14.7. The first-order valence-electron chi connectivity index (χ1n) is 14.7. The molecule has 238 valence electrons. The summed E-state index contributed by atoms with van der Waals surface area (Å²) < 4.78 is 70.7. The van der Waals surface area contributed by atoms with E-state index in [-0.39, 0.29) is 18.0 Å². The van der Waals surface area contributed by atoms with Crippen LogP contribution in [-0.4, -0.2) is 31.1 Å². The van der Waals surface area contributed by atoms with Gasteiger partial charge in [-0.25, -0.2) is 9.97 Å². The molecular weight excluding hydrogens is 610 g/mol. The van der Waals surface area contributed by atoms with Crippen LogP contribution in [0.5, 0.6) is 0 Å². The number of hydrogen-bond acceptors (Lipinski definition) is 4. The number of alkyl halides is 6. The first-order chi connectivity index (χ1) is 21.9. The second kappa shape index (κ2) is 11.7. The fourth-order valence-corrected chi connectivity index (χ4v) is 5.48. The molecule has 46 heavy (non-hydrogen) atoms. The molecule has 4 aromatic carbocycles. The molecule has 0 aliphatic carbocycles. The maximum absolute atomic E-state index is 13.6. The molecule has 0 aliphatic heterocycles. The Bertz CT molecular complexity index is 2290. The molecule has 12 heteroatoms. The Morgan fingerprint density at radius 3 is 1.20 bits per heavy atom. The first kappa shape index (κ1) is 32.4. The van der Waals surface area contributed by atoms with E-state index in [1.54, 1.807) is 20.9 Å². The average molecular weight is 639 g/mol. The van der Waals surface area contributed by atoms with Crippen LogP contribution in [0.4, 0.5) is 26.3 Å². The van der Waals surface area contributed by atoms with Gasteiger partial charge >= 0.3 is 12.4 Å². The van der Waals surface area contributed by atoms with Gasteiger partial charge in [0, 0.05) is 32.3 Å². The number of rotatable bonds is 0. The molecule has 0 radical (unpaired) electrons. The van der Waals surface area contributed by atoms with Gasteiger partial charge in [0.1, 0.15) is 17.2 Å². The number of hydrogen-bond donors (Lipinski definition) is 0. The summed E-state index contributed by atoms with van der Waals surface area (Å²) in [4.78, 5) is 36.7. The second-order valence-corrected chi connectivity index (χ2v) is 10.0. The minimum Gasteiger partial charge on any atom is -0.268 e. The molecule has 0 bridgehead atoms. The molecule has 6 nitrogen and oxygen atoms in total. The molecule has 0 atom stereocenters. The minimum atomic E-state index is -5.18. The molecule has 0 fully saturated rings. The Morgan fingerprint density at radius 1 is 0.543 bits per heavy atom. The quantitative estimate of drug-likeness (QED) is 0.123. The average Bonchev–Trinajstić information content (AvgIpc) is 3.63. The highest BCUT2D eigenvalue weighted by Gasteiger charge is 2.53. The Kier molecular flexibility index (Phi) is 8.27. The molecule has 0 amide bonds. The maximum Gasteiger partial charge on any atom is 0.400 e. The SMILES string of the molecule is CC.CC.CC(C(F)(F)F)C(F)(F)F.O=c1c2ccc3c(=O)n4c5ccccc5nc4c4ccc(c2c34)c2nc3ccccc3n12. The smallest absolute Gasteiger partial charge is 0.268 e. The van der Waals surface area contributed by atoms with Crippen molar-refractivity contribution in [1.82, 2.24) is 18.8 Å². The zero-order valence-electron chi connectivity index (χ0n) is 25.4. The van der Waals surface area contributed by atoms with E-state index in [1.807, 2.05) is 88.4 Å². The molecule has 0 aliphatic rings. The van der Waals surface area contributed by atoms with Crippen molar-refractivity contribution in [2.75, 3.05) is 0 Å². The van der Waals surface area contributed by atoms with Gasteiger partial charge in [-0.1, -0.05) is 52.0 Å². The standard InChI is InChI=1S/C26H12N4O2.C4H4F6.2C2H6/c31-25-15-11-12-16-22-14(24-28-18-6-2-4-8-20(18)30(24)26(16)32)10-9-13(21(15)22)23-27-17-5-1-3-7-19(17)29(23)25;1-2(3(5,6)7)4(8,9)10;2*1-2/h1-12H;2H,1H3;2*1-2H3. The maximum atomic E-state index is 13.6. The van der Waals surface area contributed by atoms with Crippen molar-refractivity contribution >= 4 is 65.7 Å². The van der Waals surface area contributed by atoms with E-state index in [1.165, 1.54) is 0 Å². The van der Waals surface area contributed by atoms with Crippen LogP contribution in [0, 0.1) is 5.92 Å². The summed E-state index contributed by atoms with van der Waals surface area (Å²) in [5.41, 5.74) is 4.07. The normalized spacial score (nSPS) is 12.2. The second-order valence-electron chi connectivity index (χ2n) is 10.0. The molecule has 0 N–H and O–H groups in total. The molecule has 0 spiro atoms. The molecule has 4 aromatic heterocycles. The number of pyridine rings is 2. The fourth-order valence-electron chi connectivity index (χ4n) is 5.48. The highest BCUT2D eigenvalue weighted by atomic mass is 19.4. The molecule has 0 saturated heterocycles. The van der Waals surface area contributed by atoms with Gasteiger partial charge in [-0.3, -0.25) is 18.4 Å². The third-order valence-corrected chi connectivity index (χ3v) is 7.61. The molecule has 0 saturated carbocycles. The van der Waals surface area contributed by atoms with Crippen molar-refractivity contribution in [3.8, 4) is 0 Å². The lowest BCUT2D eigenvalue weighted by Gasteiger charge is -2.17. The van der Waals surface area contributed by atoms with Gasteiger partial charge in [-0.15, -0.1) is 0 Å². The van der Waals surface area contributed by atoms with E-state index < -0.39 is 18.3 Å². The number of fused-ring (bicyclic) bond motifs is 8. The third-order valence-electron chi connectivity index (χ3n) is 7.61. The van der Waals surface area contributed by atoms with Crippen LogP contribution in [0.25, 0.3) is 65.7 Å². The van der Waals surface area contributed by atoms with Crippen LogP contribution >= 0.6 is 0 Å². The van der Waals surface area contributed by atoms with Crippen LogP contribution in [0.1, 0.15) is 34.6 Å². The van der Waals surface area contributed by atoms with E-state index in [4.69, 9.17) is 9.97 Å². The van der Waals surface area contributed by atoms with Crippen molar-refractivity contribution < 1.29 is 26.3 Å². The summed E-state index contributed by atoms with van der Waals surface area (Å²) >= 11 is 0. The van der Waals surface area contributed by atoms with E-state index in [0.717, 1.165) is 43.6 Å². The topological polar surface area (TPSA) is 68.7 Å². The van der Waals surface area contributed by atoms with Crippen molar-refractivity contribution in [2.24, 2.45) is 5.92 Å². The molecule has 8 aromatic rings. The molecular formula is C34H28F6N4O2. The van der Waals surface area contributed by atoms with E-state index in [2.05, 4.69) is 0 Å². The number of para-hydroxylation sites is 4. The summed E-state index contributed by atoms with van der Waals surface area (Å²) in [6, 6.07) is 22.8. The zero-order valence-corrected chi connectivity index (χ0v) is 25.4. The van der Waals surface area contributed by atoms with Gasteiger partial charge in [-0.05, 0) is 55.5 Å². The zero-order chi connectivity index (χ0) is 33.7. The minimum absolute atomic E-state index is 0.0833. The number of halogens is 6. The largest absolute Gasteiger partial charge is 0.400 e. The van der Waals surface area contributed by atoms with Crippen LogP contribution in [0.3, 0.4) is 0 Å². The predicted octanol–water partition coefficient (Wildman–Crippen LogP) is 9.14. The summed E-state index contributed by atoms with van der Waals surface area (Å²) in [5.74, 6) is -3.24. The van der Waals surface area contributed by atoms with Crippen molar-refractivity contribution in [2.45, 2.75) is 47.0 Å². The molecule has 4 heterocycles. The van der Waals surface area contributed by atoms with Gasteiger partial charge in [0.25, 0.3) is 11.1 Å². The highest BCUT2D eigenvalue weighted by molar-refractivity contribution is 6.27. The summed E-state index contributed by atoms with van der Waals surface area (Å²) in [5, 5.41) is 4.42. The highest BCUT2D eigenvalue weighted by Crippen LogP contribution is 2.39. The van der Waals surface area contributed by atoms with E-state index >= 15 is 0 Å². The lowest BCUT2D eigenvalue weighted by atomic mass is 9.96. The number of imidazole rings is 2. The van der Waals surface area contributed by atoms with Crippen LogP contribution in [0.2, 0.25) is 0 Å². The van der Waals surface area contributed by atoms with Crippen molar-refractivity contribution in [1.29, 1.82) is 0 Å². The number of benzene rings is 4. The van der Waals surface area contributed by atoms with Gasteiger partial charge < -0.3 is 0 Å². The van der Waals surface area contributed by atoms with E-state index in [0.29, 0.717) is 22.1 Å². The van der Waals surface area contributed by atoms with Crippen molar-refractivity contribution in [3.63, 3.8) is 0 Å². The van der Waals surface area contributed by atoms with Crippen LogP contribution in [-0.2, 0) is 0 Å². The number of aromatic nitrogens is 4. The van der Waals surface area contributed by atoms with Gasteiger partial charge in [-0.2, -0.15) is 26.3 Å². The predicted molar refractivity (Wildman–Crippen MR) is 170 cm³/mol. The summed E-state index contributed by atoms with van der Waals surface area (Å²) in [6.45, 7) is 8.08. The van der Waals surface area contributed by atoms with Crippen LogP contribution in [0.15, 0.2) is 82.4 Å². The summed E-state index contributed by atoms with van der Waals surface area (Å²) in [7, 11) is 0. The summed E-state index contributed by atoms with van der Waals surface area (Å²) in [6.07, 6.45) is -10.4. The lowest BCUT2D eigenvalue weighted by molar-refractivity contribution is -0.278. The lowest BCUT2D eigenvalue weighted by Crippen LogP contribution is -2.33. The van der Waals surface area contributed by atoms with Gasteiger partial charge in [0.15, 0.2) is 0 Å².